The molecule has 1 rings (SSSR count). The van der Waals surface area contributed by atoms with Crippen LogP contribution in [0.2, 0.25) is 0 Å². The molecule has 0 radical (unpaired) electrons. The maximum absolute atomic E-state index is 11.8. The summed E-state index contributed by atoms with van der Waals surface area (Å²) in [6.45, 7) is 0.521. The Morgan fingerprint density at radius 2 is 2.18 bits per heavy atom. The Labute approximate surface area is 104 Å². The molecule has 1 atom stereocenters. The van der Waals surface area contributed by atoms with Gasteiger partial charge in [0.05, 0.1) is 11.0 Å². The number of nitrogens with zero attached hydrogens (tertiary/aromatic N) is 1. The third-order valence-corrected chi connectivity index (χ3v) is 2.96. The lowest BCUT2D eigenvalue weighted by Crippen LogP contribution is -2.39. The van der Waals surface area contributed by atoms with Crippen molar-refractivity contribution in [2.45, 2.75) is 31.5 Å². The average molecular weight is 270 g/mol. The lowest BCUT2D eigenvalue weighted by Gasteiger charge is -2.23. The molecular formula is C10H17F3N2OS. The molecule has 7 heteroatoms. The smallest absolute Gasteiger partial charge is 0.392 e. The van der Waals surface area contributed by atoms with Crippen molar-refractivity contribution in [2.75, 3.05) is 26.3 Å². The van der Waals surface area contributed by atoms with Crippen LogP contribution in [-0.4, -0.2) is 48.4 Å². The molecule has 17 heavy (non-hydrogen) atoms. The maximum atomic E-state index is 11.8. The van der Waals surface area contributed by atoms with E-state index in [-0.39, 0.29) is 12.6 Å². The predicted octanol–water partition coefficient (Wildman–Crippen LogP) is 1.71. The van der Waals surface area contributed by atoms with E-state index in [1.807, 2.05) is 0 Å². The zero-order valence-electron chi connectivity index (χ0n) is 9.50. The minimum absolute atomic E-state index is 0.104. The molecule has 0 saturated carbocycles. The Balaban J connectivity index is 2.12. The monoisotopic (exact) mass is 270 g/mol. The first-order valence-corrected chi connectivity index (χ1v) is 5.99. The summed E-state index contributed by atoms with van der Waals surface area (Å²) >= 11 is 4.94. The van der Waals surface area contributed by atoms with Crippen molar-refractivity contribution in [1.82, 2.24) is 4.90 Å². The van der Waals surface area contributed by atoms with E-state index in [0.717, 1.165) is 19.4 Å². The van der Waals surface area contributed by atoms with Gasteiger partial charge in [-0.1, -0.05) is 12.2 Å². The van der Waals surface area contributed by atoms with Gasteiger partial charge in [-0.15, -0.1) is 0 Å². The van der Waals surface area contributed by atoms with E-state index in [0.29, 0.717) is 18.0 Å². The minimum Gasteiger partial charge on any atom is -0.392 e. The SMILES string of the molecule is NC(=S)C1CCCN1CCCOCC(F)(F)F. The molecule has 1 aliphatic heterocycles. The van der Waals surface area contributed by atoms with Gasteiger partial charge in [0.15, 0.2) is 0 Å². The molecule has 3 nitrogen and oxygen atoms in total. The lowest BCUT2D eigenvalue weighted by molar-refractivity contribution is -0.174. The van der Waals surface area contributed by atoms with E-state index in [1.54, 1.807) is 0 Å². The number of rotatable bonds is 6. The predicted molar refractivity (Wildman–Crippen MR) is 62.9 cm³/mol. The molecule has 0 aromatic carbocycles. The highest BCUT2D eigenvalue weighted by Gasteiger charge is 2.28. The Hall–Kier alpha value is -0.400. The van der Waals surface area contributed by atoms with Crippen LogP contribution in [0.15, 0.2) is 0 Å². The Kier molecular flexibility index (Phi) is 5.61. The van der Waals surface area contributed by atoms with Gasteiger partial charge in [0.1, 0.15) is 6.61 Å². The molecular weight excluding hydrogens is 253 g/mol. The summed E-state index contributed by atoms with van der Waals surface area (Å²) < 4.78 is 39.9. The second-order valence-electron chi connectivity index (χ2n) is 4.12. The van der Waals surface area contributed by atoms with E-state index in [2.05, 4.69) is 9.64 Å². The van der Waals surface area contributed by atoms with E-state index >= 15 is 0 Å². The number of hydrogen-bond donors (Lipinski definition) is 1. The van der Waals surface area contributed by atoms with Gasteiger partial charge < -0.3 is 10.5 Å². The van der Waals surface area contributed by atoms with Crippen LogP contribution in [0.4, 0.5) is 13.2 Å². The molecule has 1 aliphatic rings. The van der Waals surface area contributed by atoms with Crippen LogP contribution < -0.4 is 5.73 Å². The van der Waals surface area contributed by atoms with E-state index < -0.39 is 12.8 Å². The number of alkyl halides is 3. The standard InChI is InChI=1S/C10H17F3N2OS/c11-10(12,13)7-16-6-2-5-15-4-1-3-8(15)9(14)17/h8H,1-7H2,(H2,14,17). The highest BCUT2D eigenvalue weighted by atomic mass is 32.1. The topological polar surface area (TPSA) is 38.5 Å². The van der Waals surface area contributed by atoms with Crippen molar-refractivity contribution < 1.29 is 17.9 Å². The van der Waals surface area contributed by atoms with Gasteiger partial charge in [0.2, 0.25) is 0 Å². The molecule has 0 bridgehead atoms. The van der Waals surface area contributed by atoms with Gasteiger partial charge in [-0.05, 0) is 25.8 Å². The summed E-state index contributed by atoms with van der Waals surface area (Å²) in [5, 5.41) is 0. The zero-order chi connectivity index (χ0) is 12.9. The molecule has 1 fully saturated rings. The molecule has 0 aliphatic carbocycles. The maximum Gasteiger partial charge on any atom is 0.411 e. The third-order valence-electron chi connectivity index (χ3n) is 2.69. The van der Waals surface area contributed by atoms with Gasteiger partial charge in [-0.25, -0.2) is 0 Å². The Morgan fingerprint density at radius 3 is 2.76 bits per heavy atom. The van der Waals surface area contributed by atoms with Gasteiger partial charge in [-0.2, -0.15) is 13.2 Å². The van der Waals surface area contributed by atoms with Crippen molar-refractivity contribution in [3.8, 4) is 0 Å². The van der Waals surface area contributed by atoms with Gasteiger partial charge in [0.25, 0.3) is 0 Å². The molecule has 0 spiro atoms. The fourth-order valence-corrected chi connectivity index (χ4v) is 2.24. The van der Waals surface area contributed by atoms with Gasteiger partial charge in [0, 0.05) is 13.2 Å². The molecule has 2 N–H and O–H groups in total. The minimum atomic E-state index is -4.24. The fourth-order valence-electron chi connectivity index (χ4n) is 1.97. The first-order chi connectivity index (χ1) is 7.90. The first kappa shape index (κ1) is 14.7. The third kappa shape index (κ3) is 5.65. The van der Waals surface area contributed by atoms with E-state index in [9.17, 15) is 13.2 Å². The van der Waals surface area contributed by atoms with Crippen molar-refractivity contribution in [1.29, 1.82) is 0 Å². The van der Waals surface area contributed by atoms with Crippen LogP contribution in [0.3, 0.4) is 0 Å². The van der Waals surface area contributed by atoms with Crippen molar-refractivity contribution in [3.05, 3.63) is 0 Å². The quantitative estimate of drug-likeness (QED) is 0.589. The summed E-state index contributed by atoms with van der Waals surface area (Å²) in [7, 11) is 0. The summed E-state index contributed by atoms with van der Waals surface area (Å²) in [6.07, 6.45) is -1.70. The highest BCUT2D eigenvalue weighted by Crippen LogP contribution is 2.18. The largest absolute Gasteiger partial charge is 0.411 e. The average Bonchev–Trinajstić information content (AvgIpc) is 2.63. The second kappa shape index (κ2) is 6.51. The number of thiocarbonyl (C=S) groups is 1. The Bertz CT molecular complexity index is 260. The first-order valence-electron chi connectivity index (χ1n) is 5.58. The number of nitrogens with two attached hydrogens (primary N) is 1. The summed E-state index contributed by atoms with van der Waals surface area (Å²) in [4.78, 5) is 2.58. The number of ether oxygens (including phenoxy) is 1. The molecule has 1 saturated heterocycles. The summed E-state index contributed by atoms with van der Waals surface area (Å²) in [6, 6.07) is 0.104. The molecule has 0 aromatic heterocycles. The second-order valence-corrected chi connectivity index (χ2v) is 4.59. The number of hydrogen-bond acceptors (Lipinski definition) is 3. The number of halogens is 3. The van der Waals surface area contributed by atoms with Crippen molar-refractivity contribution in [2.24, 2.45) is 5.73 Å². The highest BCUT2D eigenvalue weighted by molar-refractivity contribution is 7.80. The van der Waals surface area contributed by atoms with E-state index in [1.165, 1.54) is 0 Å². The number of likely N-dealkylation sites (tertiary alicyclic amines) is 1. The van der Waals surface area contributed by atoms with E-state index in [4.69, 9.17) is 18.0 Å². The van der Waals surface area contributed by atoms with Crippen LogP contribution >= 0.6 is 12.2 Å². The lowest BCUT2D eigenvalue weighted by atomic mass is 10.2. The van der Waals surface area contributed by atoms with Crippen LogP contribution in [0.25, 0.3) is 0 Å². The molecule has 100 valence electrons. The van der Waals surface area contributed by atoms with Crippen LogP contribution in [0, 0.1) is 0 Å². The summed E-state index contributed by atoms with van der Waals surface area (Å²) in [5.74, 6) is 0. The normalized spacial score (nSPS) is 21.9. The van der Waals surface area contributed by atoms with Crippen molar-refractivity contribution >= 4 is 17.2 Å². The molecule has 1 heterocycles. The van der Waals surface area contributed by atoms with Gasteiger partial charge >= 0.3 is 6.18 Å². The van der Waals surface area contributed by atoms with Crippen LogP contribution in [0.1, 0.15) is 19.3 Å². The van der Waals surface area contributed by atoms with Crippen LogP contribution in [0.5, 0.6) is 0 Å². The molecule has 0 amide bonds. The van der Waals surface area contributed by atoms with Crippen LogP contribution in [-0.2, 0) is 4.74 Å². The summed E-state index contributed by atoms with van der Waals surface area (Å²) in [5.41, 5.74) is 5.59. The van der Waals surface area contributed by atoms with Gasteiger partial charge in [-0.3, -0.25) is 4.90 Å². The van der Waals surface area contributed by atoms with Crippen molar-refractivity contribution in [3.63, 3.8) is 0 Å². The Morgan fingerprint density at radius 1 is 1.47 bits per heavy atom. The molecule has 0 aromatic rings. The zero-order valence-corrected chi connectivity index (χ0v) is 10.3. The molecule has 1 unspecified atom stereocenters. The fraction of sp³-hybridized carbons (Fsp3) is 0.900.